The molecule has 0 spiro atoms. The van der Waals surface area contributed by atoms with Crippen LogP contribution in [0.3, 0.4) is 0 Å². The number of rotatable bonds is 6. The Balaban J connectivity index is 2.24. The first-order valence-corrected chi connectivity index (χ1v) is 7.80. The largest absolute Gasteiger partial charge is 0.314 e. The molecule has 1 heterocycles. The summed E-state index contributed by atoms with van der Waals surface area (Å²) in [5.74, 6) is 0.175. The quantitative estimate of drug-likeness (QED) is 0.785. The molecule has 104 valence electrons. The number of hydrogen-bond acceptors (Lipinski definition) is 4. The molecule has 0 radical (unpaired) electrons. The molecule has 5 nitrogen and oxygen atoms in total. The van der Waals surface area contributed by atoms with Crippen molar-refractivity contribution in [2.24, 2.45) is 0 Å². The lowest BCUT2D eigenvalue weighted by Gasteiger charge is -2.19. The molecule has 1 N–H and O–H groups in total. The summed E-state index contributed by atoms with van der Waals surface area (Å²) in [6.07, 6.45) is 3.78. The van der Waals surface area contributed by atoms with Crippen LogP contribution in [0.5, 0.6) is 0 Å². The van der Waals surface area contributed by atoms with Gasteiger partial charge in [0.15, 0.2) is 9.84 Å². The smallest absolute Gasteiger partial charge is 0.156 e. The molecule has 0 saturated heterocycles. The van der Waals surface area contributed by atoms with Crippen LogP contribution >= 0.6 is 0 Å². The van der Waals surface area contributed by atoms with Gasteiger partial charge in [0, 0.05) is 19.3 Å². The molecule has 6 heteroatoms. The number of aromatic nitrogens is 2. The highest BCUT2D eigenvalue weighted by Crippen LogP contribution is 2.15. The zero-order valence-corrected chi connectivity index (χ0v) is 12.4. The van der Waals surface area contributed by atoms with E-state index in [1.54, 1.807) is 20.8 Å². The predicted molar refractivity (Wildman–Crippen MR) is 73.4 cm³/mol. The van der Waals surface area contributed by atoms with Crippen LogP contribution in [0, 0.1) is 6.92 Å². The van der Waals surface area contributed by atoms with Crippen molar-refractivity contribution in [2.75, 3.05) is 18.8 Å². The lowest BCUT2D eigenvalue weighted by Crippen LogP contribution is -2.35. The van der Waals surface area contributed by atoms with Gasteiger partial charge in [-0.25, -0.2) is 8.42 Å². The summed E-state index contributed by atoms with van der Waals surface area (Å²) in [6, 6.07) is 0. The third kappa shape index (κ3) is 4.42. The van der Waals surface area contributed by atoms with Crippen molar-refractivity contribution in [2.45, 2.75) is 39.0 Å². The van der Waals surface area contributed by atoms with Crippen molar-refractivity contribution in [1.82, 2.24) is 15.1 Å². The Bertz CT molecular complexity index is 472. The minimum Gasteiger partial charge on any atom is -0.314 e. The van der Waals surface area contributed by atoms with Gasteiger partial charge in [-0.2, -0.15) is 5.10 Å². The molecular formula is C12H23N3O2S. The van der Waals surface area contributed by atoms with Gasteiger partial charge in [0.25, 0.3) is 0 Å². The summed E-state index contributed by atoms with van der Waals surface area (Å²) in [6.45, 7) is 9.15. The SMILES string of the molecule is Cc1cnn(CCNCCS(=O)(=O)C(C)(C)C)c1. The molecule has 0 aliphatic heterocycles. The molecule has 0 aliphatic carbocycles. The summed E-state index contributed by atoms with van der Waals surface area (Å²) in [7, 11) is -3.02. The van der Waals surface area contributed by atoms with E-state index >= 15 is 0 Å². The molecule has 0 bridgehead atoms. The Morgan fingerprint density at radius 3 is 2.50 bits per heavy atom. The highest BCUT2D eigenvalue weighted by molar-refractivity contribution is 7.92. The minimum atomic E-state index is -3.02. The monoisotopic (exact) mass is 273 g/mol. The van der Waals surface area contributed by atoms with E-state index < -0.39 is 14.6 Å². The van der Waals surface area contributed by atoms with Crippen molar-refractivity contribution in [1.29, 1.82) is 0 Å². The molecule has 0 amide bonds. The van der Waals surface area contributed by atoms with E-state index in [1.165, 1.54) is 0 Å². The van der Waals surface area contributed by atoms with Gasteiger partial charge in [-0.15, -0.1) is 0 Å². The lowest BCUT2D eigenvalue weighted by atomic mass is 10.3. The molecule has 0 fully saturated rings. The van der Waals surface area contributed by atoms with E-state index in [2.05, 4.69) is 10.4 Å². The first-order chi connectivity index (χ1) is 8.22. The molecule has 1 aromatic rings. The summed E-state index contributed by atoms with van der Waals surface area (Å²) in [5, 5.41) is 7.29. The fourth-order valence-electron chi connectivity index (χ4n) is 1.42. The van der Waals surface area contributed by atoms with Gasteiger partial charge in [-0.1, -0.05) is 0 Å². The molecular weight excluding hydrogens is 250 g/mol. The summed E-state index contributed by atoms with van der Waals surface area (Å²) < 4.78 is 24.8. The van der Waals surface area contributed by atoms with Crippen LogP contribution < -0.4 is 5.32 Å². The van der Waals surface area contributed by atoms with Crippen molar-refractivity contribution in [3.63, 3.8) is 0 Å². The fraction of sp³-hybridized carbons (Fsp3) is 0.750. The molecule has 18 heavy (non-hydrogen) atoms. The molecule has 0 saturated carbocycles. The van der Waals surface area contributed by atoms with E-state index in [1.807, 2.05) is 24.0 Å². The second kappa shape index (κ2) is 5.84. The third-order valence-corrected chi connectivity index (χ3v) is 5.37. The highest BCUT2D eigenvalue weighted by Gasteiger charge is 2.27. The average molecular weight is 273 g/mol. The topological polar surface area (TPSA) is 64.0 Å². The second-order valence-electron chi connectivity index (χ2n) is 5.46. The zero-order chi connectivity index (χ0) is 13.8. The van der Waals surface area contributed by atoms with Gasteiger partial charge in [0.2, 0.25) is 0 Å². The van der Waals surface area contributed by atoms with Crippen LogP contribution in [0.1, 0.15) is 26.3 Å². The van der Waals surface area contributed by atoms with Crippen LogP contribution in [-0.2, 0) is 16.4 Å². The molecule has 0 unspecified atom stereocenters. The molecule has 1 rings (SSSR count). The third-order valence-electron chi connectivity index (χ3n) is 2.76. The number of nitrogens with one attached hydrogen (secondary N) is 1. The number of aryl methyl sites for hydroxylation is 1. The summed E-state index contributed by atoms with van der Waals surface area (Å²) in [5.41, 5.74) is 1.13. The Hall–Kier alpha value is -0.880. The summed E-state index contributed by atoms with van der Waals surface area (Å²) >= 11 is 0. The molecule has 0 atom stereocenters. The number of sulfone groups is 1. The first-order valence-electron chi connectivity index (χ1n) is 6.14. The number of hydrogen-bond donors (Lipinski definition) is 1. The van der Waals surface area contributed by atoms with Gasteiger partial charge >= 0.3 is 0 Å². The predicted octanol–water partition coefficient (Wildman–Crippen LogP) is 0.994. The number of nitrogens with zero attached hydrogens (tertiary/aromatic N) is 2. The van der Waals surface area contributed by atoms with E-state index in [-0.39, 0.29) is 5.75 Å². The van der Waals surface area contributed by atoms with Gasteiger partial charge in [0.05, 0.1) is 23.2 Å². The van der Waals surface area contributed by atoms with Gasteiger partial charge in [-0.05, 0) is 33.3 Å². The van der Waals surface area contributed by atoms with Crippen LogP contribution in [-0.4, -0.2) is 41.8 Å². The highest BCUT2D eigenvalue weighted by atomic mass is 32.2. The Morgan fingerprint density at radius 2 is 2.00 bits per heavy atom. The Morgan fingerprint density at radius 1 is 1.33 bits per heavy atom. The van der Waals surface area contributed by atoms with Gasteiger partial charge < -0.3 is 5.32 Å². The maximum Gasteiger partial charge on any atom is 0.156 e. The Kier molecular flexibility index (Phi) is 4.92. The molecule has 1 aromatic heterocycles. The lowest BCUT2D eigenvalue weighted by molar-refractivity contribution is 0.544. The zero-order valence-electron chi connectivity index (χ0n) is 11.6. The van der Waals surface area contributed by atoms with E-state index in [0.29, 0.717) is 6.54 Å². The first kappa shape index (κ1) is 15.2. The Labute approximate surface area is 109 Å². The average Bonchev–Trinajstić information content (AvgIpc) is 2.62. The van der Waals surface area contributed by atoms with Crippen LogP contribution in [0.2, 0.25) is 0 Å². The van der Waals surface area contributed by atoms with E-state index in [0.717, 1.165) is 18.7 Å². The molecule has 0 aromatic carbocycles. The maximum atomic E-state index is 11.8. The minimum absolute atomic E-state index is 0.175. The summed E-state index contributed by atoms with van der Waals surface area (Å²) in [4.78, 5) is 0. The second-order valence-corrected chi connectivity index (χ2v) is 8.32. The normalized spacial score (nSPS) is 12.9. The van der Waals surface area contributed by atoms with Crippen LogP contribution in [0.15, 0.2) is 12.4 Å². The maximum absolute atomic E-state index is 11.8. The molecule has 0 aliphatic rings. The van der Waals surface area contributed by atoms with Crippen molar-refractivity contribution in [3.05, 3.63) is 18.0 Å². The standard InChI is InChI=1S/C12H23N3O2S/c1-11-9-14-15(10-11)7-5-13-6-8-18(16,17)12(2,3)4/h9-10,13H,5-8H2,1-4H3. The van der Waals surface area contributed by atoms with Crippen molar-refractivity contribution in [3.8, 4) is 0 Å². The fourth-order valence-corrected chi connectivity index (χ4v) is 2.45. The van der Waals surface area contributed by atoms with Gasteiger partial charge in [0.1, 0.15) is 0 Å². The van der Waals surface area contributed by atoms with Crippen molar-refractivity contribution >= 4 is 9.84 Å². The van der Waals surface area contributed by atoms with Crippen LogP contribution in [0.4, 0.5) is 0 Å². The van der Waals surface area contributed by atoms with Crippen LogP contribution in [0.25, 0.3) is 0 Å². The van der Waals surface area contributed by atoms with E-state index in [9.17, 15) is 8.42 Å². The van der Waals surface area contributed by atoms with Crippen molar-refractivity contribution < 1.29 is 8.42 Å². The van der Waals surface area contributed by atoms with E-state index in [4.69, 9.17) is 0 Å². The van der Waals surface area contributed by atoms with Gasteiger partial charge in [-0.3, -0.25) is 4.68 Å².